The van der Waals surface area contributed by atoms with Crippen molar-refractivity contribution < 1.29 is 14.3 Å². The molecule has 0 bridgehead atoms. The van der Waals surface area contributed by atoms with Gasteiger partial charge >= 0.3 is 6.03 Å². The Morgan fingerprint density at radius 2 is 2.25 bits per heavy atom. The van der Waals surface area contributed by atoms with Gasteiger partial charge in [0.15, 0.2) is 0 Å². The molecule has 0 aliphatic heterocycles. The van der Waals surface area contributed by atoms with E-state index in [1.807, 2.05) is 6.92 Å². The highest BCUT2D eigenvalue weighted by atomic mass is 16.4. The van der Waals surface area contributed by atoms with Crippen molar-refractivity contribution in [2.45, 2.75) is 51.7 Å². The van der Waals surface area contributed by atoms with Crippen molar-refractivity contribution in [3.8, 4) is 0 Å². The highest BCUT2D eigenvalue weighted by Crippen LogP contribution is 2.25. The van der Waals surface area contributed by atoms with Crippen LogP contribution in [0.15, 0.2) is 16.5 Å². The molecule has 112 valence electrons. The monoisotopic (exact) mass is 280 g/mol. The number of aliphatic hydroxyl groups is 1. The second-order valence-corrected chi connectivity index (χ2v) is 6.03. The number of hydrogen-bond acceptors (Lipinski definition) is 3. The van der Waals surface area contributed by atoms with Crippen molar-refractivity contribution in [3.63, 3.8) is 0 Å². The lowest BCUT2D eigenvalue weighted by Gasteiger charge is -2.23. The third kappa shape index (κ3) is 3.54. The number of carbonyl (C=O) groups is 1. The third-order valence-electron chi connectivity index (χ3n) is 4.04. The summed E-state index contributed by atoms with van der Waals surface area (Å²) in [7, 11) is 0. The second kappa shape index (κ2) is 5.87. The smallest absolute Gasteiger partial charge is 0.315 e. The number of rotatable bonds is 4. The van der Waals surface area contributed by atoms with Gasteiger partial charge in [0, 0.05) is 6.04 Å². The molecule has 1 heterocycles. The molecule has 1 aromatic rings. The predicted molar refractivity (Wildman–Crippen MR) is 76.4 cm³/mol. The minimum Gasteiger partial charge on any atom is -0.463 e. The standard InChI is InChI=1S/C15H24N2O3/c1-10-5-4-6-12(10)17-14(18)16-9-15(3,19)13-8-7-11(2)20-13/h7-8,10,12,19H,4-6,9H2,1-3H3,(H2,16,17,18). The molecule has 5 nitrogen and oxygen atoms in total. The van der Waals surface area contributed by atoms with Crippen molar-refractivity contribution >= 4 is 6.03 Å². The zero-order valence-electron chi connectivity index (χ0n) is 12.4. The van der Waals surface area contributed by atoms with Gasteiger partial charge in [-0.1, -0.05) is 13.3 Å². The molecule has 3 N–H and O–H groups in total. The second-order valence-electron chi connectivity index (χ2n) is 6.03. The van der Waals surface area contributed by atoms with Crippen molar-refractivity contribution in [1.29, 1.82) is 0 Å². The number of hydrogen-bond donors (Lipinski definition) is 3. The van der Waals surface area contributed by atoms with Crippen molar-refractivity contribution in [3.05, 3.63) is 23.7 Å². The van der Waals surface area contributed by atoms with Crippen LogP contribution in [0.25, 0.3) is 0 Å². The van der Waals surface area contributed by atoms with E-state index in [4.69, 9.17) is 4.42 Å². The van der Waals surface area contributed by atoms with Crippen molar-refractivity contribution in [2.24, 2.45) is 5.92 Å². The van der Waals surface area contributed by atoms with Crippen LogP contribution in [0.1, 0.15) is 44.6 Å². The number of urea groups is 1. The first-order chi connectivity index (χ1) is 9.38. The first-order valence-electron chi connectivity index (χ1n) is 7.22. The minimum atomic E-state index is -1.20. The summed E-state index contributed by atoms with van der Waals surface area (Å²) in [6, 6.07) is 3.54. The lowest BCUT2D eigenvalue weighted by atomic mass is 10.0. The van der Waals surface area contributed by atoms with Gasteiger partial charge in [-0.15, -0.1) is 0 Å². The zero-order valence-corrected chi connectivity index (χ0v) is 12.4. The van der Waals surface area contributed by atoms with E-state index in [1.54, 1.807) is 19.1 Å². The van der Waals surface area contributed by atoms with E-state index in [0.29, 0.717) is 11.7 Å². The van der Waals surface area contributed by atoms with Gasteiger partial charge in [0.05, 0.1) is 6.54 Å². The molecule has 1 aromatic heterocycles. The van der Waals surface area contributed by atoms with Crippen molar-refractivity contribution in [2.75, 3.05) is 6.54 Å². The van der Waals surface area contributed by atoms with Crippen LogP contribution in [0.4, 0.5) is 4.79 Å². The fourth-order valence-corrected chi connectivity index (χ4v) is 2.64. The minimum absolute atomic E-state index is 0.118. The molecule has 0 spiro atoms. The van der Waals surface area contributed by atoms with E-state index in [9.17, 15) is 9.90 Å². The SMILES string of the molecule is Cc1ccc(C(C)(O)CNC(=O)NC2CCCC2C)o1. The van der Waals surface area contributed by atoms with Gasteiger partial charge in [-0.25, -0.2) is 4.79 Å². The molecule has 5 heteroatoms. The Balaban J connectivity index is 1.83. The van der Waals surface area contributed by atoms with E-state index in [0.717, 1.165) is 25.0 Å². The molecular weight excluding hydrogens is 256 g/mol. The first-order valence-corrected chi connectivity index (χ1v) is 7.22. The van der Waals surface area contributed by atoms with Gasteiger partial charge in [-0.3, -0.25) is 0 Å². The molecule has 3 atom stereocenters. The molecule has 3 unspecified atom stereocenters. The van der Waals surface area contributed by atoms with Crippen LogP contribution in [0.2, 0.25) is 0 Å². The highest BCUT2D eigenvalue weighted by Gasteiger charge is 2.29. The van der Waals surface area contributed by atoms with E-state index >= 15 is 0 Å². The van der Waals surface area contributed by atoms with Crippen LogP contribution in [0.5, 0.6) is 0 Å². The van der Waals surface area contributed by atoms with Crippen LogP contribution in [0, 0.1) is 12.8 Å². The third-order valence-corrected chi connectivity index (χ3v) is 4.04. The molecular formula is C15H24N2O3. The number of carbonyl (C=O) groups excluding carboxylic acids is 1. The fraction of sp³-hybridized carbons (Fsp3) is 0.667. The Morgan fingerprint density at radius 3 is 2.80 bits per heavy atom. The number of amides is 2. The summed E-state index contributed by atoms with van der Waals surface area (Å²) in [5, 5.41) is 16.0. The van der Waals surface area contributed by atoms with Crippen LogP contribution in [-0.2, 0) is 5.60 Å². The number of nitrogens with one attached hydrogen (secondary N) is 2. The molecule has 0 aromatic carbocycles. The largest absolute Gasteiger partial charge is 0.463 e. The molecule has 1 saturated carbocycles. The summed E-state index contributed by atoms with van der Waals surface area (Å²) in [5.41, 5.74) is -1.20. The van der Waals surface area contributed by atoms with Crippen LogP contribution >= 0.6 is 0 Å². The summed E-state index contributed by atoms with van der Waals surface area (Å²) in [6.07, 6.45) is 3.35. The molecule has 2 rings (SSSR count). The summed E-state index contributed by atoms with van der Waals surface area (Å²) in [5.74, 6) is 1.73. The zero-order chi connectivity index (χ0) is 14.8. The Labute approximate surface area is 119 Å². The van der Waals surface area contributed by atoms with Gasteiger partial charge in [-0.2, -0.15) is 0 Å². The average molecular weight is 280 g/mol. The van der Waals surface area contributed by atoms with Gasteiger partial charge in [0.2, 0.25) is 0 Å². The van der Waals surface area contributed by atoms with E-state index in [2.05, 4.69) is 17.6 Å². The van der Waals surface area contributed by atoms with Crippen LogP contribution < -0.4 is 10.6 Å². The number of furan rings is 1. The summed E-state index contributed by atoms with van der Waals surface area (Å²) in [4.78, 5) is 11.9. The van der Waals surface area contributed by atoms with E-state index in [-0.39, 0.29) is 18.6 Å². The molecule has 2 amide bonds. The highest BCUT2D eigenvalue weighted by molar-refractivity contribution is 5.74. The van der Waals surface area contributed by atoms with Crippen molar-refractivity contribution in [1.82, 2.24) is 10.6 Å². The lowest BCUT2D eigenvalue weighted by molar-refractivity contribution is 0.0358. The number of aryl methyl sites for hydroxylation is 1. The van der Waals surface area contributed by atoms with Gasteiger partial charge in [-0.05, 0) is 44.7 Å². The maximum absolute atomic E-state index is 11.9. The van der Waals surface area contributed by atoms with Crippen LogP contribution in [-0.4, -0.2) is 23.7 Å². The molecule has 0 saturated heterocycles. The topological polar surface area (TPSA) is 74.5 Å². The molecule has 1 fully saturated rings. The first kappa shape index (κ1) is 14.9. The Morgan fingerprint density at radius 1 is 1.50 bits per heavy atom. The Bertz CT molecular complexity index is 467. The average Bonchev–Trinajstić information content (AvgIpc) is 2.97. The summed E-state index contributed by atoms with van der Waals surface area (Å²) < 4.78 is 5.41. The summed E-state index contributed by atoms with van der Waals surface area (Å²) >= 11 is 0. The summed E-state index contributed by atoms with van der Waals surface area (Å²) in [6.45, 7) is 5.72. The van der Waals surface area contributed by atoms with E-state index < -0.39 is 5.60 Å². The predicted octanol–water partition coefficient (Wildman–Crippen LogP) is 2.28. The molecule has 20 heavy (non-hydrogen) atoms. The fourth-order valence-electron chi connectivity index (χ4n) is 2.64. The Kier molecular flexibility index (Phi) is 4.38. The quantitative estimate of drug-likeness (QED) is 0.792. The van der Waals surface area contributed by atoms with Crippen LogP contribution in [0.3, 0.4) is 0 Å². The maximum Gasteiger partial charge on any atom is 0.315 e. The normalized spacial score (nSPS) is 25.2. The lowest BCUT2D eigenvalue weighted by Crippen LogP contribution is -2.47. The molecule has 1 aliphatic carbocycles. The molecule has 0 radical (unpaired) electrons. The van der Waals surface area contributed by atoms with E-state index in [1.165, 1.54) is 0 Å². The van der Waals surface area contributed by atoms with Gasteiger partial charge in [0.1, 0.15) is 17.1 Å². The molecule has 1 aliphatic rings. The van der Waals surface area contributed by atoms with Gasteiger partial charge < -0.3 is 20.2 Å². The Hall–Kier alpha value is -1.49. The van der Waals surface area contributed by atoms with Gasteiger partial charge in [0.25, 0.3) is 0 Å². The maximum atomic E-state index is 11.9.